The highest BCUT2D eigenvalue weighted by atomic mass is 32.2. The number of methoxy groups -OCH3 is 1. The zero-order valence-corrected chi connectivity index (χ0v) is 27.8. The molecule has 0 aliphatic carbocycles. The molecular weight excluding hydrogens is 645 g/mol. The standard InChI is InChI=1S/C37H38F5N3O2S/c1-24-28(21-29-30(37(40,41)42)13-7-14-31(29)38)36-45(35(46)33(24)27-12-6-15-32(47-2)34(27)39)26(23-48-36)22-44-19-17-43(18-20-44)16-8-11-25-9-4-3-5-10-25/h3-7,9-10,12-15,26H,8,11,16-23H2,1-2H3. The van der Waals surface area contributed by atoms with Crippen LogP contribution in [0.2, 0.25) is 0 Å². The third-order valence-electron chi connectivity index (χ3n) is 9.46. The number of pyridine rings is 1. The first-order valence-electron chi connectivity index (χ1n) is 16.1. The number of rotatable bonds is 10. The number of aryl methyl sites for hydroxylation is 1. The van der Waals surface area contributed by atoms with E-state index in [0.717, 1.165) is 63.8 Å². The molecule has 0 radical (unpaired) electrons. The summed E-state index contributed by atoms with van der Waals surface area (Å²) in [7, 11) is 1.32. The highest BCUT2D eigenvalue weighted by Crippen LogP contribution is 2.42. The summed E-state index contributed by atoms with van der Waals surface area (Å²) >= 11 is 1.39. The maximum atomic E-state index is 15.7. The topological polar surface area (TPSA) is 37.7 Å². The predicted molar refractivity (Wildman–Crippen MR) is 179 cm³/mol. The van der Waals surface area contributed by atoms with Crippen LogP contribution in [0.1, 0.15) is 40.3 Å². The number of hydrogen-bond donors (Lipinski definition) is 0. The van der Waals surface area contributed by atoms with Crippen LogP contribution in [0.4, 0.5) is 22.0 Å². The summed E-state index contributed by atoms with van der Waals surface area (Å²) in [5, 5.41) is 0.505. The van der Waals surface area contributed by atoms with Crippen molar-refractivity contribution in [1.29, 1.82) is 0 Å². The molecule has 5 nitrogen and oxygen atoms in total. The molecule has 11 heteroatoms. The van der Waals surface area contributed by atoms with Crippen LogP contribution in [-0.4, -0.2) is 66.5 Å². The Morgan fingerprint density at radius 3 is 2.31 bits per heavy atom. The van der Waals surface area contributed by atoms with Crippen LogP contribution in [0, 0.1) is 18.6 Å². The van der Waals surface area contributed by atoms with Crippen LogP contribution in [-0.2, 0) is 19.0 Å². The fourth-order valence-corrected chi connectivity index (χ4v) is 8.29. The average molecular weight is 684 g/mol. The van der Waals surface area contributed by atoms with Crippen molar-refractivity contribution in [2.45, 2.75) is 43.4 Å². The molecule has 3 aromatic carbocycles. The molecule has 0 amide bonds. The quantitative estimate of drug-likeness (QED) is 0.161. The Kier molecular flexibility index (Phi) is 10.3. The van der Waals surface area contributed by atoms with Gasteiger partial charge in [-0.25, -0.2) is 8.78 Å². The van der Waals surface area contributed by atoms with Gasteiger partial charge in [-0.2, -0.15) is 13.2 Å². The molecule has 2 aliphatic heterocycles. The average Bonchev–Trinajstić information content (AvgIpc) is 3.48. The van der Waals surface area contributed by atoms with Crippen molar-refractivity contribution >= 4 is 11.8 Å². The predicted octanol–water partition coefficient (Wildman–Crippen LogP) is 7.62. The van der Waals surface area contributed by atoms with Crippen molar-refractivity contribution in [3.8, 4) is 16.9 Å². The second kappa shape index (κ2) is 14.4. The number of halogens is 5. The molecule has 0 N–H and O–H groups in total. The van der Waals surface area contributed by atoms with E-state index in [1.165, 1.54) is 36.6 Å². The van der Waals surface area contributed by atoms with E-state index in [2.05, 4.69) is 34.1 Å². The Morgan fingerprint density at radius 2 is 1.60 bits per heavy atom. The first kappa shape index (κ1) is 34.2. The van der Waals surface area contributed by atoms with Gasteiger partial charge in [0.15, 0.2) is 11.6 Å². The summed E-state index contributed by atoms with van der Waals surface area (Å²) < 4.78 is 79.8. The molecule has 254 valence electrons. The van der Waals surface area contributed by atoms with Crippen molar-refractivity contribution in [3.63, 3.8) is 0 Å². The Hall–Kier alpha value is -3.67. The van der Waals surface area contributed by atoms with Crippen LogP contribution in [0.3, 0.4) is 0 Å². The summed E-state index contributed by atoms with van der Waals surface area (Å²) in [5.74, 6) is -1.25. The van der Waals surface area contributed by atoms with E-state index >= 15 is 8.78 Å². The van der Waals surface area contributed by atoms with Gasteiger partial charge >= 0.3 is 6.18 Å². The number of thioether (sulfide) groups is 1. The van der Waals surface area contributed by atoms with Crippen molar-refractivity contribution in [1.82, 2.24) is 14.4 Å². The van der Waals surface area contributed by atoms with Gasteiger partial charge in [0.25, 0.3) is 5.56 Å². The molecule has 4 aromatic rings. The molecule has 1 saturated heterocycles. The SMILES string of the molecule is COc1cccc(-c2c(C)c(Cc3c(F)cccc3C(F)(F)F)c3n(c2=O)C(CN2CCN(CCCc4ccccc4)CC2)CS3)c1F. The number of fused-ring (bicyclic) bond motifs is 1. The van der Waals surface area contributed by atoms with E-state index < -0.39 is 40.9 Å². The molecule has 6 rings (SSSR count). The maximum absolute atomic E-state index is 15.7. The minimum atomic E-state index is -4.78. The zero-order valence-electron chi connectivity index (χ0n) is 27.0. The van der Waals surface area contributed by atoms with E-state index in [9.17, 15) is 18.0 Å². The third kappa shape index (κ3) is 7.04. The number of benzene rings is 3. The molecule has 48 heavy (non-hydrogen) atoms. The zero-order chi connectivity index (χ0) is 34.0. The normalized spacial score (nSPS) is 17.1. The van der Waals surface area contributed by atoms with E-state index in [4.69, 9.17) is 4.74 Å². The minimum absolute atomic E-state index is 0.00209. The van der Waals surface area contributed by atoms with Crippen molar-refractivity contribution in [3.05, 3.63) is 117 Å². The molecule has 1 unspecified atom stereocenters. The van der Waals surface area contributed by atoms with Gasteiger partial charge in [-0.3, -0.25) is 14.3 Å². The third-order valence-corrected chi connectivity index (χ3v) is 10.7. The summed E-state index contributed by atoms with van der Waals surface area (Å²) in [6.07, 6.45) is -3.09. The molecule has 2 aliphatic rings. The van der Waals surface area contributed by atoms with E-state index in [1.807, 2.05) is 6.07 Å². The number of piperazine rings is 1. The van der Waals surface area contributed by atoms with Crippen molar-refractivity contribution < 1.29 is 26.7 Å². The molecule has 0 bridgehead atoms. The summed E-state index contributed by atoms with van der Waals surface area (Å²) in [6, 6.07) is 17.5. The number of alkyl halides is 3. The van der Waals surface area contributed by atoms with Crippen LogP contribution in [0.15, 0.2) is 76.6 Å². The lowest BCUT2D eigenvalue weighted by Gasteiger charge is -2.36. The van der Waals surface area contributed by atoms with Gasteiger partial charge < -0.3 is 9.64 Å². The monoisotopic (exact) mass is 683 g/mol. The van der Waals surface area contributed by atoms with Crippen LogP contribution in [0.5, 0.6) is 5.75 Å². The number of hydrogen-bond acceptors (Lipinski definition) is 5. The molecule has 1 aromatic heterocycles. The lowest BCUT2D eigenvalue weighted by atomic mass is 9.92. The maximum Gasteiger partial charge on any atom is 0.416 e. The molecule has 1 fully saturated rings. The Balaban J connectivity index is 1.30. The molecule has 0 spiro atoms. The van der Waals surface area contributed by atoms with E-state index in [-0.39, 0.29) is 22.9 Å². The van der Waals surface area contributed by atoms with Crippen LogP contribution < -0.4 is 10.3 Å². The number of aromatic nitrogens is 1. The number of nitrogens with zero attached hydrogens (tertiary/aromatic N) is 3. The second-order valence-electron chi connectivity index (χ2n) is 12.4. The summed E-state index contributed by atoms with van der Waals surface area (Å²) in [6.45, 7) is 6.58. The Labute approximate surface area is 281 Å². The second-order valence-corrected chi connectivity index (χ2v) is 13.4. The fraction of sp³-hybridized carbons (Fsp3) is 0.378. The summed E-state index contributed by atoms with van der Waals surface area (Å²) in [4.78, 5) is 19.1. The van der Waals surface area contributed by atoms with Gasteiger partial charge in [-0.1, -0.05) is 48.5 Å². The van der Waals surface area contributed by atoms with Crippen LogP contribution in [0.25, 0.3) is 11.1 Å². The van der Waals surface area contributed by atoms with Crippen molar-refractivity contribution in [2.75, 3.05) is 52.1 Å². The smallest absolute Gasteiger partial charge is 0.416 e. The van der Waals surface area contributed by atoms with Gasteiger partial charge in [-0.05, 0) is 61.2 Å². The van der Waals surface area contributed by atoms with Gasteiger partial charge in [0.2, 0.25) is 0 Å². The Morgan fingerprint density at radius 1 is 0.896 bits per heavy atom. The van der Waals surface area contributed by atoms with Gasteiger partial charge in [0.05, 0.1) is 29.3 Å². The lowest BCUT2D eigenvalue weighted by molar-refractivity contribution is -0.138. The summed E-state index contributed by atoms with van der Waals surface area (Å²) in [5.41, 5.74) is 0.0962. The molecule has 0 saturated carbocycles. The van der Waals surface area contributed by atoms with Crippen molar-refractivity contribution in [2.24, 2.45) is 0 Å². The van der Waals surface area contributed by atoms with E-state index in [0.29, 0.717) is 28.5 Å². The minimum Gasteiger partial charge on any atom is -0.494 e. The lowest BCUT2D eigenvalue weighted by Crippen LogP contribution is -2.48. The molecule has 3 heterocycles. The molecular formula is C37H38F5N3O2S. The van der Waals surface area contributed by atoms with Gasteiger partial charge in [0.1, 0.15) is 5.82 Å². The highest BCUT2D eigenvalue weighted by Gasteiger charge is 2.37. The van der Waals surface area contributed by atoms with E-state index in [1.54, 1.807) is 17.6 Å². The van der Waals surface area contributed by atoms with Crippen LogP contribution >= 0.6 is 11.8 Å². The number of ether oxygens (including phenoxy) is 1. The first-order chi connectivity index (χ1) is 23.1. The Bertz CT molecular complexity index is 1820. The highest BCUT2D eigenvalue weighted by molar-refractivity contribution is 7.99. The van der Waals surface area contributed by atoms with Gasteiger partial charge in [0, 0.05) is 56.0 Å². The van der Waals surface area contributed by atoms with Gasteiger partial charge in [-0.15, -0.1) is 11.8 Å². The fourth-order valence-electron chi connectivity index (χ4n) is 6.91. The molecule has 1 atom stereocenters. The largest absolute Gasteiger partial charge is 0.494 e. The first-order valence-corrected chi connectivity index (χ1v) is 17.1.